The van der Waals surface area contributed by atoms with E-state index >= 15 is 0 Å². The monoisotopic (exact) mass is 304 g/mol. The highest BCUT2D eigenvalue weighted by Gasteiger charge is 2.28. The number of aryl methyl sites for hydroxylation is 1. The SMILES string of the molecule is CCn1cc(S(=O)(=O)N(C)C(C)COC)cc1C(=O)O. The second-order valence-electron chi connectivity index (χ2n) is 4.48. The molecule has 7 nitrogen and oxygen atoms in total. The van der Waals surface area contributed by atoms with Gasteiger partial charge in [-0.25, -0.2) is 13.2 Å². The third-order valence-electron chi connectivity index (χ3n) is 3.14. The maximum absolute atomic E-state index is 12.4. The maximum Gasteiger partial charge on any atom is 0.352 e. The van der Waals surface area contributed by atoms with E-state index < -0.39 is 16.0 Å². The number of carboxylic acid groups (broad SMARTS) is 1. The van der Waals surface area contributed by atoms with Crippen molar-refractivity contribution in [2.45, 2.75) is 31.3 Å². The van der Waals surface area contributed by atoms with Crippen molar-refractivity contribution >= 4 is 16.0 Å². The van der Waals surface area contributed by atoms with Gasteiger partial charge < -0.3 is 14.4 Å². The molecule has 0 saturated carbocycles. The summed E-state index contributed by atoms with van der Waals surface area (Å²) in [4.78, 5) is 11.1. The second kappa shape index (κ2) is 6.38. The van der Waals surface area contributed by atoms with Crippen LogP contribution < -0.4 is 0 Å². The maximum atomic E-state index is 12.4. The number of carbonyl (C=O) groups is 1. The molecule has 0 radical (unpaired) electrons. The Morgan fingerprint density at radius 3 is 2.55 bits per heavy atom. The third kappa shape index (κ3) is 3.20. The Morgan fingerprint density at radius 2 is 2.15 bits per heavy atom. The van der Waals surface area contributed by atoms with Gasteiger partial charge in [-0.2, -0.15) is 4.31 Å². The fourth-order valence-electron chi connectivity index (χ4n) is 1.81. The van der Waals surface area contributed by atoms with Crippen LogP contribution in [0.15, 0.2) is 17.2 Å². The normalized spacial score (nSPS) is 13.7. The zero-order valence-electron chi connectivity index (χ0n) is 12.0. The Labute approximate surface area is 118 Å². The van der Waals surface area contributed by atoms with Crippen LogP contribution in [0.3, 0.4) is 0 Å². The molecule has 114 valence electrons. The highest BCUT2D eigenvalue weighted by atomic mass is 32.2. The number of hydrogen-bond acceptors (Lipinski definition) is 4. The van der Waals surface area contributed by atoms with Gasteiger partial charge >= 0.3 is 5.97 Å². The van der Waals surface area contributed by atoms with Crippen molar-refractivity contribution < 1.29 is 23.1 Å². The predicted octanol–water partition coefficient (Wildman–Crippen LogP) is 0.862. The van der Waals surface area contributed by atoms with Crippen molar-refractivity contribution in [2.75, 3.05) is 20.8 Å². The molecule has 1 unspecified atom stereocenters. The Morgan fingerprint density at radius 1 is 1.55 bits per heavy atom. The van der Waals surface area contributed by atoms with Gasteiger partial charge in [0.25, 0.3) is 0 Å². The molecule has 0 fully saturated rings. The standard InChI is InChI=1S/C12H20N2O5S/c1-5-14-7-10(6-11(14)12(15)16)20(17,18)13(3)9(2)8-19-4/h6-7,9H,5,8H2,1-4H3,(H,15,16). The van der Waals surface area contributed by atoms with E-state index in [0.717, 1.165) is 0 Å². The fourth-order valence-corrected chi connectivity index (χ4v) is 3.20. The van der Waals surface area contributed by atoms with E-state index in [1.54, 1.807) is 13.8 Å². The molecular formula is C12H20N2O5S. The Bertz CT molecular complexity index is 579. The quantitative estimate of drug-likeness (QED) is 0.807. The molecular weight excluding hydrogens is 284 g/mol. The van der Waals surface area contributed by atoms with Gasteiger partial charge in [-0.3, -0.25) is 0 Å². The third-order valence-corrected chi connectivity index (χ3v) is 5.07. The fraction of sp³-hybridized carbons (Fsp3) is 0.583. The summed E-state index contributed by atoms with van der Waals surface area (Å²) in [6.07, 6.45) is 1.34. The Balaban J connectivity index is 3.19. The summed E-state index contributed by atoms with van der Waals surface area (Å²) in [6, 6.07) is 0.834. The van der Waals surface area contributed by atoms with E-state index in [-0.39, 0.29) is 23.2 Å². The highest BCUT2D eigenvalue weighted by Crippen LogP contribution is 2.20. The molecule has 0 bridgehead atoms. The summed E-state index contributed by atoms with van der Waals surface area (Å²) in [7, 11) is -0.796. The first-order valence-corrected chi connectivity index (χ1v) is 7.60. The van der Waals surface area contributed by atoms with Gasteiger partial charge in [-0.05, 0) is 19.9 Å². The number of nitrogens with zero attached hydrogens (tertiary/aromatic N) is 2. The van der Waals surface area contributed by atoms with Crippen LogP contribution in [0.5, 0.6) is 0 Å². The molecule has 0 amide bonds. The van der Waals surface area contributed by atoms with Gasteiger partial charge in [0, 0.05) is 32.9 Å². The summed E-state index contributed by atoms with van der Waals surface area (Å²) < 4.78 is 32.3. The van der Waals surface area contributed by atoms with Crippen LogP contribution in [-0.2, 0) is 21.3 Å². The molecule has 1 N–H and O–H groups in total. The first-order valence-electron chi connectivity index (χ1n) is 6.16. The van der Waals surface area contributed by atoms with Crippen LogP contribution in [0.4, 0.5) is 0 Å². The van der Waals surface area contributed by atoms with E-state index in [1.807, 2.05) is 0 Å². The minimum Gasteiger partial charge on any atom is -0.477 e. The molecule has 0 spiro atoms. The van der Waals surface area contributed by atoms with Gasteiger partial charge in [-0.15, -0.1) is 0 Å². The van der Waals surface area contributed by atoms with Crippen LogP contribution in [0, 0.1) is 0 Å². The zero-order valence-corrected chi connectivity index (χ0v) is 12.8. The number of hydrogen-bond donors (Lipinski definition) is 1. The summed E-state index contributed by atoms with van der Waals surface area (Å²) in [5, 5.41) is 9.06. The van der Waals surface area contributed by atoms with Crippen LogP contribution in [0.1, 0.15) is 24.3 Å². The number of likely N-dealkylation sites (N-methyl/N-ethyl adjacent to an activating group) is 1. The van der Waals surface area contributed by atoms with E-state index in [4.69, 9.17) is 9.84 Å². The number of rotatable bonds is 7. The first-order chi connectivity index (χ1) is 9.25. The molecule has 1 aromatic heterocycles. The molecule has 0 aromatic carbocycles. The average molecular weight is 304 g/mol. The molecule has 1 rings (SSSR count). The molecule has 1 heterocycles. The molecule has 0 aliphatic rings. The summed E-state index contributed by atoms with van der Waals surface area (Å²) in [5.74, 6) is -1.15. The number of sulfonamides is 1. The first kappa shape index (κ1) is 16.7. The van der Waals surface area contributed by atoms with E-state index in [0.29, 0.717) is 6.54 Å². The van der Waals surface area contributed by atoms with E-state index in [2.05, 4.69) is 0 Å². The average Bonchev–Trinajstić information content (AvgIpc) is 2.82. The molecule has 1 aromatic rings. The summed E-state index contributed by atoms with van der Waals surface area (Å²) >= 11 is 0. The lowest BCUT2D eigenvalue weighted by Gasteiger charge is -2.22. The number of ether oxygens (including phenoxy) is 1. The highest BCUT2D eigenvalue weighted by molar-refractivity contribution is 7.89. The molecule has 20 heavy (non-hydrogen) atoms. The van der Waals surface area contributed by atoms with Gasteiger partial charge in [-0.1, -0.05) is 0 Å². The Kier molecular flexibility index (Phi) is 5.32. The molecule has 8 heteroatoms. The van der Waals surface area contributed by atoms with E-state index in [1.165, 1.54) is 35.3 Å². The summed E-state index contributed by atoms with van der Waals surface area (Å²) in [5.41, 5.74) is -0.0427. The van der Waals surface area contributed by atoms with Gasteiger partial charge in [0.1, 0.15) is 10.6 Å². The van der Waals surface area contributed by atoms with Crippen molar-refractivity contribution in [3.63, 3.8) is 0 Å². The second-order valence-corrected chi connectivity index (χ2v) is 6.48. The molecule has 0 aliphatic heterocycles. The zero-order chi connectivity index (χ0) is 15.5. The molecule has 1 atom stereocenters. The number of carboxylic acids is 1. The minimum atomic E-state index is -3.74. The van der Waals surface area contributed by atoms with Crippen molar-refractivity contribution in [2.24, 2.45) is 0 Å². The van der Waals surface area contributed by atoms with Crippen LogP contribution >= 0.6 is 0 Å². The van der Waals surface area contributed by atoms with Crippen molar-refractivity contribution in [3.8, 4) is 0 Å². The predicted molar refractivity (Wildman–Crippen MR) is 73.4 cm³/mol. The van der Waals surface area contributed by atoms with Gasteiger partial charge in [0.2, 0.25) is 10.0 Å². The topological polar surface area (TPSA) is 88.8 Å². The van der Waals surface area contributed by atoms with E-state index in [9.17, 15) is 13.2 Å². The van der Waals surface area contributed by atoms with Crippen molar-refractivity contribution in [1.82, 2.24) is 8.87 Å². The number of aromatic carboxylic acids is 1. The molecule has 0 saturated heterocycles. The smallest absolute Gasteiger partial charge is 0.352 e. The summed E-state index contributed by atoms with van der Waals surface area (Å²) in [6.45, 7) is 4.11. The van der Waals surface area contributed by atoms with Crippen molar-refractivity contribution in [1.29, 1.82) is 0 Å². The minimum absolute atomic E-state index is 0.0257. The van der Waals surface area contributed by atoms with Gasteiger partial charge in [0.15, 0.2) is 0 Å². The Hall–Kier alpha value is -1.38. The van der Waals surface area contributed by atoms with Crippen LogP contribution in [-0.4, -0.2) is 55.2 Å². The van der Waals surface area contributed by atoms with Crippen molar-refractivity contribution in [3.05, 3.63) is 18.0 Å². The van der Waals surface area contributed by atoms with Crippen LogP contribution in [0.2, 0.25) is 0 Å². The largest absolute Gasteiger partial charge is 0.477 e. The van der Waals surface area contributed by atoms with Crippen LogP contribution in [0.25, 0.3) is 0 Å². The van der Waals surface area contributed by atoms with Gasteiger partial charge in [0.05, 0.1) is 6.61 Å². The lowest BCUT2D eigenvalue weighted by molar-refractivity contribution is 0.0685. The number of aromatic nitrogens is 1. The lowest BCUT2D eigenvalue weighted by atomic mass is 10.4. The molecule has 0 aliphatic carbocycles. The number of methoxy groups -OCH3 is 1. The lowest BCUT2D eigenvalue weighted by Crippen LogP contribution is -2.37.